The van der Waals surface area contributed by atoms with Crippen LogP contribution in [0.2, 0.25) is 0 Å². The number of carbonyl (C=O) groups excluding carboxylic acids is 1. The lowest BCUT2D eigenvalue weighted by atomic mass is 10.0. The molecule has 0 aromatic carbocycles. The molecule has 0 aromatic heterocycles. The summed E-state index contributed by atoms with van der Waals surface area (Å²) in [5.41, 5.74) is 0. The van der Waals surface area contributed by atoms with Gasteiger partial charge in [0.2, 0.25) is 0 Å². The van der Waals surface area contributed by atoms with Gasteiger partial charge in [-0.1, -0.05) is 19.8 Å². The average molecular weight is 250 g/mol. The summed E-state index contributed by atoms with van der Waals surface area (Å²) in [5, 5.41) is 36.7. The van der Waals surface area contributed by atoms with E-state index in [1.807, 2.05) is 6.92 Å². The van der Waals surface area contributed by atoms with Crippen LogP contribution in [0.1, 0.15) is 26.2 Å². The highest BCUT2D eigenvalue weighted by molar-refractivity contribution is 5.57. The fourth-order valence-electron chi connectivity index (χ4n) is 1.32. The van der Waals surface area contributed by atoms with Crippen LogP contribution in [-0.4, -0.2) is 64.3 Å². The Morgan fingerprint density at radius 3 is 2.29 bits per heavy atom. The van der Waals surface area contributed by atoms with E-state index in [9.17, 15) is 15.0 Å². The quantitative estimate of drug-likeness (QED) is 0.288. The van der Waals surface area contributed by atoms with Gasteiger partial charge in [0.05, 0.1) is 6.61 Å². The van der Waals surface area contributed by atoms with Crippen molar-refractivity contribution in [1.29, 1.82) is 0 Å². The zero-order valence-corrected chi connectivity index (χ0v) is 10.0. The summed E-state index contributed by atoms with van der Waals surface area (Å²) in [7, 11) is 0. The SMILES string of the molecule is CCCCCO[C@@H](C=O)[C@@H](O)[C@H](O)[C@H](O)CO. The van der Waals surface area contributed by atoms with E-state index in [4.69, 9.17) is 14.9 Å². The summed E-state index contributed by atoms with van der Waals surface area (Å²) >= 11 is 0. The van der Waals surface area contributed by atoms with Crippen molar-refractivity contribution in [3.05, 3.63) is 0 Å². The Hall–Kier alpha value is -0.530. The number of aldehydes is 1. The van der Waals surface area contributed by atoms with Gasteiger partial charge in [-0.15, -0.1) is 0 Å². The number of unbranched alkanes of at least 4 members (excludes halogenated alkanes) is 2. The number of hydrogen-bond acceptors (Lipinski definition) is 6. The molecule has 0 aromatic rings. The van der Waals surface area contributed by atoms with Crippen molar-refractivity contribution in [1.82, 2.24) is 0 Å². The van der Waals surface area contributed by atoms with E-state index < -0.39 is 31.0 Å². The van der Waals surface area contributed by atoms with E-state index >= 15 is 0 Å². The molecular weight excluding hydrogens is 228 g/mol. The highest BCUT2D eigenvalue weighted by Gasteiger charge is 2.31. The number of aliphatic hydroxyl groups excluding tert-OH is 4. The minimum atomic E-state index is -1.61. The van der Waals surface area contributed by atoms with Crippen LogP contribution in [0.15, 0.2) is 0 Å². The molecule has 17 heavy (non-hydrogen) atoms. The highest BCUT2D eigenvalue weighted by Crippen LogP contribution is 2.08. The molecule has 0 saturated heterocycles. The van der Waals surface area contributed by atoms with E-state index in [-0.39, 0.29) is 0 Å². The summed E-state index contributed by atoms with van der Waals surface area (Å²) in [6, 6.07) is 0. The molecule has 0 unspecified atom stereocenters. The van der Waals surface area contributed by atoms with E-state index in [1.54, 1.807) is 0 Å². The number of rotatable bonds is 10. The van der Waals surface area contributed by atoms with Gasteiger partial charge in [0.15, 0.2) is 6.29 Å². The molecule has 0 bridgehead atoms. The van der Waals surface area contributed by atoms with E-state index in [0.29, 0.717) is 12.9 Å². The second-order valence-electron chi connectivity index (χ2n) is 3.91. The first-order valence-corrected chi connectivity index (χ1v) is 5.80. The van der Waals surface area contributed by atoms with Crippen LogP contribution in [-0.2, 0) is 9.53 Å². The predicted molar refractivity (Wildman–Crippen MR) is 60.4 cm³/mol. The topological polar surface area (TPSA) is 107 Å². The molecule has 4 N–H and O–H groups in total. The third-order valence-electron chi connectivity index (χ3n) is 2.46. The standard InChI is InChI=1S/C11H22O6/c1-2-3-4-5-17-9(7-13)11(16)10(15)8(14)6-12/h7-12,14-16H,2-6H2,1H3/t8-,9+,10-,11-/m1/s1. The third-order valence-corrected chi connectivity index (χ3v) is 2.46. The van der Waals surface area contributed by atoms with Crippen LogP contribution in [0.5, 0.6) is 0 Å². The Bertz CT molecular complexity index is 198. The van der Waals surface area contributed by atoms with E-state index in [0.717, 1.165) is 19.3 Å². The third kappa shape index (κ3) is 6.09. The lowest BCUT2D eigenvalue weighted by Gasteiger charge is -2.25. The predicted octanol–water partition coefficient (Wildman–Crippen LogP) is -1.16. The van der Waals surface area contributed by atoms with Gasteiger partial charge in [-0.3, -0.25) is 0 Å². The molecule has 0 aliphatic rings. The zero-order valence-electron chi connectivity index (χ0n) is 10.0. The molecule has 0 saturated carbocycles. The maximum Gasteiger partial charge on any atom is 0.151 e. The Labute approximate surface area is 101 Å². The summed E-state index contributed by atoms with van der Waals surface area (Å²) in [6.45, 7) is 1.63. The molecule has 0 amide bonds. The van der Waals surface area contributed by atoms with Crippen molar-refractivity contribution in [2.24, 2.45) is 0 Å². The molecule has 4 atom stereocenters. The molecule has 0 aliphatic carbocycles. The van der Waals surface area contributed by atoms with Crippen LogP contribution in [0.3, 0.4) is 0 Å². The van der Waals surface area contributed by atoms with Crippen molar-refractivity contribution in [3.63, 3.8) is 0 Å². The van der Waals surface area contributed by atoms with Crippen LogP contribution in [0, 0.1) is 0 Å². The smallest absolute Gasteiger partial charge is 0.151 e. The Morgan fingerprint density at radius 2 is 1.82 bits per heavy atom. The molecule has 0 fully saturated rings. The van der Waals surface area contributed by atoms with Gasteiger partial charge in [0.25, 0.3) is 0 Å². The number of aliphatic hydroxyl groups is 4. The summed E-state index contributed by atoms with van der Waals surface area (Å²) in [5.74, 6) is 0. The van der Waals surface area contributed by atoms with Gasteiger partial charge in [-0.05, 0) is 6.42 Å². The number of hydrogen-bond donors (Lipinski definition) is 4. The highest BCUT2D eigenvalue weighted by atomic mass is 16.5. The summed E-state index contributed by atoms with van der Waals surface area (Å²) < 4.78 is 5.10. The molecule has 0 aliphatic heterocycles. The van der Waals surface area contributed by atoms with Crippen molar-refractivity contribution in [2.45, 2.75) is 50.6 Å². The van der Waals surface area contributed by atoms with Crippen molar-refractivity contribution >= 4 is 6.29 Å². The van der Waals surface area contributed by atoms with E-state index in [2.05, 4.69) is 0 Å². The van der Waals surface area contributed by atoms with Crippen molar-refractivity contribution in [2.75, 3.05) is 13.2 Å². The minimum Gasteiger partial charge on any atom is -0.394 e. The largest absolute Gasteiger partial charge is 0.394 e. The second kappa shape index (κ2) is 9.49. The van der Waals surface area contributed by atoms with Gasteiger partial charge in [0, 0.05) is 6.61 Å². The molecule has 0 spiro atoms. The van der Waals surface area contributed by atoms with Crippen LogP contribution in [0.25, 0.3) is 0 Å². The van der Waals surface area contributed by atoms with Crippen molar-refractivity contribution < 1.29 is 30.0 Å². The average Bonchev–Trinajstić information content (AvgIpc) is 2.36. The van der Waals surface area contributed by atoms with Gasteiger partial charge in [0.1, 0.15) is 24.4 Å². The number of carbonyl (C=O) groups is 1. The van der Waals surface area contributed by atoms with Crippen LogP contribution >= 0.6 is 0 Å². The first-order valence-electron chi connectivity index (χ1n) is 5.80. The Balaban J connectivity index is 4.10. The summed E-state index contributed by atoms with van der Waals surface area (Å²) in [4.78, 5) is 10.7. The van der Waals surface area contributed by atoms with Crippen LogP contribution < -0.4 is 0 Å². The van der Waals surface area contributed by atoms with Crippen LogP contribution in [0.4, 0.5) is 0 Å². The maximum atomic E-state index is 10.7. The normalized spacial score (nSPS) is 18.4. The molecular formula is C11H22O6. The fourth-order valence-corrected chi connectivity index (χ4v) is 1.32. The molecule has 0 rings (SSSR count). The van der Waals surface area contributed by atoms with Gasteiger partial charge >= 0.3 is 0 Å². The molecule has 6 nitrogen and oxygen atoms in total. The maximum absolute atomic E-state index is 10.7. The summed E-state index contributed by atoms with van der Waals surface area (Å²) in [6.07, 6.45) is -2.75. The van der Waals surface area contributed by atoms with Gasteiger partial charge < -0.3 is 30.0 Å². The second-order valence-corrected chi connectivity index (χ2v) is 3.91. The van der Waals surface area contributed by atoms with Gasteiger partial charge in [-0.2, -0.15) is 0 Å². The Kier molecular flexibility index (Phi) is 9.20. The molecule has 102 valence electrons. The molecule has 0 heterocycles. The lowest BCUT2D eigenvalue weighted by Crippen LogP contribution is -2.47. The molecule has 6 heteroatoms. The first-order chi connectivity index (χ1) is 8.08. The Morgan fingerprint density at radius 1 is 1.18 bits per heavy atom. The molecule has 0 radical (unpaired) electrons. The zero-order chi connectivity index (χ0) is 13.3. The fraction of sp³-hybridized carbons (Fsp3) is 0.909. The monoisotopic (exact) mass is 250 g/mol. The number of ether oxygens (including phenoxy) is 1. The lowest BCUT2D eigenvalue weighted by molar-refractivity contribution is -0.146. The first kappa shape index (κ1) is 16.5. The van der Waals surface area contributed by atoms with Crippen molar-refractivity contribution in [3.8, 4) is 0 Å². The van der Waals surface area contributed by atoms with E-state index in [1.165, 1.54) is 0 Å². The van der Waals surface area contributed by atoms with Gasteiger partial charge in [-0.25, -0.2) is 0 Å². The minimum absolute atomic E-state index is 0.302.